The number of aryl methyl sites for hydroxylation is 1. The SMILES string of the molecule is Cc1ccc(OC(Cl)(Cl)Cl)c(F)c1F. The van der Waals surface area contributed by atoms with Gasteiger partial charge in [-0.15, -0.1) is 0 Å². The zero-order valence-electron chi connectivity index (χ0n) is 6.95. The van der Waals surface area contributed by atoms with Gasteiger partial charge in [-0.1, -0.05) is 6.07 Å². The second-order valence-electron chi connectivity index (χ2n) is 2.56. The van der Waals surface area contributed by atoms with E-state index in [4.69, 9.17) is 34.8 Å². The molecule has 0 aliphatic carbocycles. The number of halogens is 5. The molecular formula is C8H5Cl3F2O. The first-order chi connectivity index (χ1) is 6.31. The van der Waals surface area contributed by atoms with Crippen LogP contribution in [0.4, 0.5) is 8.78 Å². The van der Waals surface area contributed by atoms with Gasteiger partial charge in [0, 0.05) is 0 Å². The molecule has 0 spiro atoms. The topological polar surface area (TPSA) is 9.23 Å². The van der Waals surface area contributed by atoms with Crippen LogP contribution in [0.25, 0.3) is 0 Å². The normalized spacial score (nSPS) is 11.6. The Morgan fingerprint density at radius 3 is 2.21 bits per heavy atom. The maximum Gasteiger partial charge on any atom is 0.338 e. The first kappa shape index (κ1) is 11.8. The van der Waals surface area contributed by atoms with E-state index in [-0.39, 0.29) is 5.56 Å². The summed E-state index contributed by atoms with van der Waals surface area (Å²) in [5, 5.41) is 0. The maximum atomic E-state index is 13.1. The Morgan fingerprint density at radius 2 is 1.71 bits per heavy atom. The number of ether oxygens (including phenoxy) is 1. The fourth-order valence-electron chi connectivity index (χ4n) is 0.832. The van der Waals surface area contributed by atoms with Gasteiger partial charge in [0.15, 0.2) is 11.6 Å². The first-order valence-corrected chi connectivity index (χ1v) is 4.65. The Labute approximate surface area is 94.5 Å². The molecule has 6 heteroatoms. The molecule has 1 nitrogen and oxygen atoms in total. The monoisotopic (exact) mass is 260 g/mol. The van der Waals surface area contributed by atoms with Crippen LogP contribution in [-0.2, 0) is 0 Å². The summed E-state index contributed by atoms with van der Waals surface area (Å²) in [6.45, 7) is 1.41. The van der Waals surface area contributed by atoms with Crippen molar-refractivity contribution in [3.63, 3.8) is 0 Å². The molecule has 0 amide bonds. The van der Waals surface area contributed by atoms with Crippen LogP contribution in [0.15, 0.2) is 12.1 Å². The molecule has 0 bridgehead atoms. The zero-order valence-corrected chi connectivity index (χ0v) is 9.22. The molecule has 0 aliphatic rings. The highest BCUT2D eigenvalue weighted by atomic mass is 35.6. The Morgan fingerprint density at radius 1 is 1.14 bits per heavy atom. The largest absolute Gasteiger partial charge is 0.442 e. The van der Waals surface area contributed by atoms with E-state index in [2.05, 4.69) is 4.74 Å². The molecule has 0 atom stereocenters. The molecule has 0 heterocycles. The summed E-state index contributed by atoms with van der Waals surface area (Å²) in [5.41, 5.74) is 0.152. The summed E-state index contributed by atoms with van der Waals surface area (Å²) in [6, 6.07) is 2.51. The van der Waals surface area contributed by atoms with Crippen LogP contribution in [0.3, 0.4) is 0 Å². The van der Waals surface area contributed by atoms with Crippen molar-refractivity contribution in [3.05, 3.63) is 29.3 Å². The van der Waals surface area contributed by atoms with Crippen molar-refractivity contribution >= 4 is 34.8 Å². The van der Waals surface area contributed by atoms with Gasteiger partial charge in [-0.3, -0.25) is 0 Å². The molecule has 0 aromatic heterocycles. The summed E-state index contributed by atoms with van der Waals surface area (Å²) in [6.07, 6.45) is 0. The number of hydrogen-bond donors (Lipinski definition) is 0. The third-order valence-electron chi connectivity index (χ3n) is 1.47. The van der Waals surface area contributed by atoms with Crippen molar-refractivity contribution in [1.82, 2.24) is 0 Å². The Bertz CT molecular complexity index is 349. The number of alkyl halides is 3. The molecule has 14 heavy (non-hydrogen) atoms. The lowest BCUT2D eigenvalue weighted by atomic mass is 10.2. The van der Waals surface area contributed by atoms with Crippen molar-refractivity contribution in [3.8, 4) is 5.75 Å². The van der Waals surface area contributed by atoms with Crippen LogP contribution in [0.2, 0.25) is 0 Å². The molecule has 0 unspecified atom stereocenters. The number of benzene rings is 1. The Hall–Kier alpha value is -0.250. The third-order valence-corrected chi connectivity index (χ3v) is 1.70. The second-order valence-corrected chi connectivity index (χ2v) is 4.73. The van der Waals surface area contributed by atoms with E-state index < -0.39 is 21.4 Å². The molecular weight excluding hydrogens is 256 g/mol. The highest BCUT2D eigenvalue weighted by molar-refractivity contribution is 6.66. The quantitative estimate of drug-likeness (QED) is 0.695. The van der Waals surface area contributed by atoms with Crippen LogP contribution in [-0.4, -0.2) is 3.98 Å². The van der Waals surface area contributed by atoms with Crippen molar-refractivity contribution in [2.75, 3.05) is 0 Å². The van der Waals surface area contributed by atoms with Crippen molar-refractivity contribution in [2.24, 2.45) is 0 Å². The van der Waals surface area contributed by atoms with Gasteiger partial charge in [-0.25, -0.2) is 4.39 Å². The minimum absolute atomic E-state index is 0.152. The van der Waals surface area contributed by atoms with Gasteiger partial charge in [-0.05, 0) is 53.4 Å². The van der Waals surface area contributed by atoms with Crippen molar-refractivity contribution in [1.29, 1.82) is 0 Å². The predicted molar refractivity (Wildman–Crippen MR) is 52.0 cm³/mol. The first-order valence-electron chi connectivity index (χ1n) is 3.51. The summed E-state index contributed by atoms with van der Waals surface area (Å²) in [5.74, 6) is -2.62. The highest BCUT2D eigenvalue weighted by Gasteiger charge is 2.25. The molecule has 0 saturated carbocycles. The van der Waals surface area contributed by atoms with E-state index >= 15 is 0 Å². The van der Waals surface area contributed by atoms with Gasteiger partial charge < -0.3 is 4.74 Å². The zero-order chi connectivity index (χ0) is 10.9. The summed E-state index contributed by atoms with van der Waals surface area (Å²) in [7, 11) is 0. The highest BCUT2D eigenvalue weighted by Crippen LogP contribution is 2.32. The fourth-order valence-corrected chi connectivity index (χ4v) is 1.08. The smallest absolute Gasteiger partial charge is 0.338 e. The lowest BCUT2D eigenvalue weighted by molar-refractivity contribution is 0.296. The van der Waals surface area contributed by atoms with E-state index in [1.165, 1.54) is 19.1 Å². The van der Waals surface area contributed by atoms with Crippen LogP contribution in [0.1, 0.15) is 5.56 Å². The number of hydrogen-bond acceptors (Lipinski definition) is 1. The molecule has 1 rings (SSSR count). The molecule has 1 aromatic rings. The van der Waals surface area contributed by atoms with E-state index in [0.717, 1.165) is 0 Å². The molecule has 0 fully saturated rings. The van der Waals surface area contributed by atoms with E-state index in [1.807, 2.05) is 0 Å². The van der Waals surface area contributed by atoms with Gasteiger partial charge in [0.25, 0.3) is 0 Å². The van der Waals surface area contributed by atoms with Gasteiger partial charge in [0.2, 0.25) is 5.82 Å². The standard InChI is InChI=1S/C8H5Cl3F2O/c1-4-2-3-5(7(13)6(4)12)14-8(9,10)11/h2-3H,1H3. The molecule has 0 N–H and O–H groups in total. The third kappa shape index (κ3) is 2.87. The molecule has 78 valence electrons. The van der Waals surface area contributed by atoms with E-state index in [9.17, 15) is 8.78 Å². The summed E-state index contributed by atoms with van der Waals surface area (Å²) < 4.78 is 28.5. The van der Waals surface area contributed by atoms with Crippen LogP contribution in [0.5, 0.6) is 5.75 Å². The fraction of sp³-hybridized carbons (Fsp3) is 0.250. The van der Waals surface area contributed by atoms with Crippen molar-refractivity contribution < 1.29 is 13.5 Å². The average Bonchev–Trinajstić information content (AvgIpc) is 2.04. The van der Waals surface area contributed by atoms with Crippen LogP contribution < -0.4 is 4.74 Å². The predicted octanol–water partition coefficient (Wildman–Crippen LogP) is 3.98. The summed E-state index contributed by atoms with van der Waals surface area (Å²) >= 11 is 15.8. The van der Waals surface area contributed by atoms with Gasteiger partial charge >= 0.3 is 3.98 Å². The van der Waals surface area contributed by atoms with Crippen LogP contribution >= 0.6 is 34.8 Å². The van der Waals surface area contributed by atoms with Gasteiger partial charge in [-0.2, -0.15) is 4.39 Å². The van der Waals surface area contributed by atoms with E-state index in [0.29, 0.717) is 0 Å². The minimum Gasteiger partial charge on any atom is -0.442 e. The molecule has 0 aliphatic heterocycles. The lowest BCUT2D eigenvalue weighted by Gasteiger charge is -2.14. The Balaban J connectivity index is 3.06. The molecule has 0 saturated heterocycles. The van der Waals surface area contributed by atoms with Crippen LogP contribution in [0, 0.1) is 18.6 Å². The summed E-state index contributed by atoms with van der Waals surface area (Å²) in [4.78, 5) is 0. The minimum atomic E-state index is -2.11. The van der Waals surface area contributed by atoms with Gasteiger partial charge in [0.1, 0.15) is 0 Å². The Kier molecular flexibility index (Phi) is 3.45. The molecule has 1 aromatic carbocycles. The maximum absolute atomic E-state index is 13.1. The molecule has 0 radical (unpaired) electrons. The lowest BCUT2D eigenvalue weighted by Crippen LogP contribution is -2.14. The average molecular weight is 261 g/mol. The van der Waals surface area contributed by atoms with E-state index in [1.54, 1.807) is 0 Å². The van der Waals surface area contributed by atoms with Gasteiger partial charge in [0.05, 0.1) is 0 Å². The van der Waals surface area contributed by atoms with Crippen molar-refractivity contribution in [2.45, 2.75) is 10.9 Å². The number of rotatable bonds is 1. The second kappa shape index (κ2) is 4.09.